The van der Waals surface area contributed by atoms with Crippen LogP contribution < -0.4 is 4.74 Å². The molecule has 0 saturated carbocycles. The van der Waals surface area contributed by atoms with E-state index in [0.29, 0.717) is 16.3 Å². The highest BCUT2D eigenvalue weighted by molar-refractivity contribution is 9.10. The summed E-state index contributed by atoms with van der Waals surface area (Å²) in [4.78, 5) is 11.0. The zero-order chi connectivity index (χ0) is 15.2. The third kappa shape index (κ3) is 4.70. The van der Waals surface area contributed by atoms with Crippen molar-refractivity contribution in [1.29, 1.82) is 0 Å². The lowest BCUT2D eigenvalue weighted by Gasteiger charge is -2.07. The van der Waals surface area contributed by atoms with E-state index in [2.05, 4.69) is 31.9 Å². The second kappa shape index (κ2) is 7.78. The van der Waals surface area contributed by atoms with Gasteiger partial charge in [-0.1, -0.05) is 55.6 Å². The third-order valence-corrected chi connectivity index (χ3v) is 4.11. The van der Waals surface area contributed by atoms with Crippen LogP contribution in [0, 0.1) is 0 Å². The maximum atomic E-state index is 11.0. The predicted molar refractivity (Wildman–Crippen MR) is 93.0 cm³/mol. The standard InChI is InChI=1S/C16H11Br2ClO2/c17-13-3-1-11(2-4-13)15(19)7-8-21-16-6-5-14(18)9-12(16)10-20/h1-7,9-10H,8H2/b15-7-. The minimum atomic E-state index is 0.289. The molecule has 5 heteroatoms. The Balaban J connectivity index is 2.05. The SMILES string of the molecule is O=Cc1cc(Br)ccc1OC/C=C(\Cl)c1ccc(Br)cc1. The zero-order valence-corrected chi connectivity index (χ0v) is 14.8. The molecule has 0 heterocycles. The van der Waals surface area contributed by atoms with Crippen LogP contribution in [0.25, 0.3) is 5.03 Å². The first-order chi connectivity index (χ1) is 10.1. The molecule has 0 atom stereocenters. The average molecular weight is 431 g/mol. The van der Waals surface area contributed by atoms with E-state index in [1.807, 2.05) is 30.3 Å². The Labute approximate surface area is 145 Å². The molecule has 0 aromatic heterocycles. The van der Waals surface area contributed by atoms with E-state index < -0.39 is 0 Å². The monoisotopic (exact) mass is 428 g/mol. The van der Waals surface area contributed by atoms with Crippen LogP contribution >= 0.6 is 43.5 Å². The molecule has 0 N–H and O–H groups in total. The molecule has 0 amide bonds. The Kier molecular flexibility index (Phi) is 6.03. The molecule has 2 aromatic carbocycles. The van der Waals surface area contributed by atoms with Crippen LogP contribution in [0.2, 0.25) is 0 Å². The first kappa shape index (κ1) is 16.3. The fourth-order valence-corrected chi connectivity index (χ4v) is 2.51. The summed E-state index contributed by atoms with van der Waals surface area (Å²) in [7, 11) is 0. The quantitative estimate of drug-likeness (QED) is 0.570. The Bertz CT molecular complexity index is 666. The van der Waals surface area contributed by atoms with Crippen molar-refractivity contribution in [2.45, 2.75) is 0 Å². The molecular weight excluding hydrogens is 419 g/mol. The van der Waals surface area contributed by atoms with Gasteiger partial charge in [-0.05, 0) is 42.0 Å². The van der Waals surface area contributed by atoms with Crippen molar-refractivity contribution in [1.82, 2.24) is 0 Å². The van der Waals surface area contributed by atoms with Gasteiger partial charge in [-0.25, -0.2) is 0 Å². The van der Waals surface area contributed by atoms with Gasteiger partial charge in [0.05, 0.1) is 5.56 Å². The molecular formula is C16H11Br2ClO2. The number of carbonyl (C=O) groups excluding carboxylic acids is 1. The fraction of sp³-hybridized carbons (Fsp3) is 0.0625. The number of rotatable bonds is 5. The van der Waals surface area contributed by atoms with E-state index in [-0.39, 0.29) is 6.61 Å². The predicted octanol–water partition coefficient (Wildman–Crippen LogP) is 5.68. The molecule has 0 fully saturated rings. The first-order valence-corrected chi connectivity index (χ1v) is 8.05. The van der Waals surface area contributed by atoms with E-state index in [9.17, 15) is 4.79 Å². The van der Waals surface area contributed by atoms with Crippen LogP contribution in [0.4, 0.5) is 0 Å². The van der Waals surface area contributed by atoms with Gasteiger partial charge in [0.25, 0.3) is 0 Å². The highest BCUT2D eigenvalue weighted by Crippen LogP contribution is 2.23. The molecule has 2 nitrogen and oxygen atoms in total. The molecule has 0 aliphatic heterocycles. The van der Waals surface area contributed by atoms with Crippen molar-refractivity contribution < 1.29 is 9.53 Å². The minimum absolute atomic E-state index is 0.289. The largest absolute Gasteiger partial charge is 0.489 e. The van der Waals surface area contributed by atoms with Crippen LogP contribution in [0.5, 0.6) is 5.75 Å². The van der Waals surface area contributed by atoms with E-state index in [1.165, 1.54) is 0 Å². The highest BCUT2D eigenvalue weighted by atomic mass is 79.9. The topological polar surface area (TPSA) is 26.3 Å². The number of ether oxygens (including phenoxy) is 1. The van der Waals surface area contributed by atoms with Gasteiger partial charge < -0.3 is 4.74 Å². The Morgan fingerprint density at radius 3 is 2.43 bits per heavy atom. The lowest BCUT2D eigenvalue weighted by Crippen LogP contribution is -1.97. The summed E-state index contributed by atoms with van der Waals surface area (Å²) < 4.78 is 7.41. The molecule has 0 spiro atoms. The van der Waals surface area contributed by atoms with Crippen LogP contribution in [-0.2, 0) is 0 Å². The summed E-state index contributed by atoms with van der Waals surface area (Å²) in [5, 5.41) is 0.604. The maximum Gasteiger partial charge on any atom is 0.153 e. The number of benzene rings is 2. The zero-order valence-electron chi connectivity index (χ0n) is 10.9. The number of halogens is 3. The van der Waals surface area contributed by atoms with Gasteiger partial charge in [0, 0.05) is 14.0 Å². The summed E-state index contributed by atoms with van der Waals surface area (Å²) in [6.45, 7) is 0.289. The van der Waals surface area contributed by atoms with Gasteiger partial charge in [-0.15, -0.1) is 0 Å². The average Bonchev–Trinajstić information content (AvgIpc) is 2.49. The van der Waals surface area contributed by atoms with Crippen molar-refractivity contribution in [2.24, 2.45) is 0 Å². The van der Waals surface area contributed by atoms with Crippen LogP contribution in [0.1, 0.15) is 15.9 Å². The number of carbonyl (C=O) groups is 1. The second-order valence-corrected chi connectivity index (χ2v) is 6.41. The summed E-state index contributed by atoms with van der Waals surface area (Å²) in [6.07, 6.45) is 2.53. The molecule has 0 bridgehead atoms. The Morgan fingerprint density at radius 2 is 1.76 bits per heavy atom. The number of hydrogen-bond donors (Lipinski definition) is 0. The van der Waals surface area contributed by atoms with E-state index in [4.69, 9.17) is 16.3 Å². The van der Waals surface area contributed by atoms with Crippen molar-refractivity contribution >= 4 is 54.8 Å². The van der Waals surface area contributed by atoms with Crippen molar-refractivity contribution in [3.8, 4) is 5.75 Å². The summed E-state index contributed by atoms with van der Waals surface area (Å²) in [5.41, 5.74) is 1.41. The molecule has 0 unspecified atom stereocenters. The van der Waals surface area contributed by atoms with Crippen LogP contribution in [0.3, 0.4) is 0 Å². The van der Waals surface area contributed by atoms with Gasteiger partial charge in [-0.2, -0.15) is 0 Å². The molecule has 0 radical (unpaired) electrons. The van der Waals surface area contributed by atoms with Crippen LogP contribution in [-0.4, -0.2) is 12.9 Å². The van der Waals surface area contributed by atoms with Gasteiger partial charge in [-0.3, -0.25) is 4.79 Å². The molecule has 21 heavy (non-hydrogen) atoms. The minimum Gasteiger partial charge on any atom is -0.489 e. The summed E-state index contributed by atoms with van der Waals surface area (Å²) in [6, 6.07) is 13.0. The normalized spacial score (nSPS) is 11.3. The molecule has 2 aromatic rings. The third-order valence-electron chi connectivity index (χ3n) is 2.72. The van der Waals surface area contributed by atoms with Gasteiger partial charge >= 0.3 is 0 Å². The van der Waals surface area contributed by atoms with E-state index >= 15 is 0 Å². The second-order valence-electron chi connectivity index (χ2n) is 4.17. The molecule has 2 rings (SSSR count). The Hall–Kier alpha value is -1.10. The number of aldehydes is 1. The molecule has 0 aliphatic rings. The molecule has 108 valence electrons. The number of hydrogen-bond acceptors (Lipinski definition) is 2. The van der Waals surface area contributed by atoms with Gasteiger partial charge in [0.1, 0.15) is 12.4 Å². The lowest BCUT2D eigenvalue weighted by molar-refractivity contribution is 0.112. The van der Waals surface area contributed by atoms with Crippen LogP contribution in [0.15, 0.2) is 57.5 Å². The van der Waals surface area contributed by atoms with Crippen molar-refractivity contribution in [3.63, 3.8) is 0 Å². The van der Waals surface area contributed by atoms with E-state index in [1.54, 1.807) is 18.2 Å². The first-order valence-electron chi connectivity index (χ1n) is 6.09. The molecule has 0 saturated heterocycles. The van der Waals surface area contributed by atoms with Gasteiger partial charge in [0.2, 0.25) is 0 Å². The highest BCUT2D eigenvalue weighted by Gasteiger charge is 2.03. The summed E-state index contributed by atoms with van der Waals surface area (Å²) >= 11 is 12.9. The smallest absolute Gasteiger partial charge is 0.153 e. The van der Waals surface area contributed by atoms with Gasteiger partial charge in [0.15, 0.2) is 6.29 Å². The summed E-state index contributed by atoms with van der Waals surface area (Å²) in [5.74, 6) is 0.532. The van der Waals surface area contributed by atoms with E-state index in [0.717, 1.165) is 20.8 Å². The lowest BCUT2D eigenvalue weighted by atomic mass is 10.2. The Morgan fingerprint density at radius 1 is 1.10 bits per heavy atom. The molecule has 0 aliphatic carbocycles. The fourth-order valence-electron chi connectivity index (χ4n) is 1.67. The maximum absolute atomic E-state index is 11.0. The van der Waals surface area contributed by atoms with Crippen molar-refractivity contribution in [3.05, 3.63) is 68.6 Å². The van der Waals surface area contributed by atoms with Crippen molar-refractivity contribution in [2.75, 3.05) is 6.61 Å².